The van der Waals surface area contributed by atoms with Crippen LogP contribution < -0.4 is 5.32 Å². The summed E-state index contributed by atoms with van der Waals surface area (Å²) in [7, 11) is -3.43. The average molecular weight is 373 g/mol. The maximum absolute atomic E-state index is 12.1. The van der Waals surface area contributed by atoms with Gasteiger partial charge in [0.1, 0.15) is 6.33 Å². The minimum absolute atomic E-state index is 0.0519. The molecule has 0 fully saturated rings. The highest BCUT2D eigenvalue weighted by atomic mass is 32.2. The van der Waals surface area contributed by atoms with Gasteiger partial charge in [0, 0.05) is 25.4 Å². The number of carbonyl (C=O) groups excluding carboxylic acids is 1. The first-order valence-electron chi connectivity index (χ1n) is 8.23. The smallest absolute Gasteiger partial charge is 0.252 e. The zero-order valence-electron chi connectivity index (χ0n) is 14.1. The third kappa shape index (κ3) is 4.63. The number of benzene rings is 1. The molecule has 1 amide bonds. The van der Waals surface area contributed by atoms with E-state index in [0.717, 1.165) is 18.4 Å². The molecule has 26 heavy (non-hydrogen) atoms. The Kier molecular flexibility index (Phi) is 5.57. The fourth-order valence-electron chi connectivity index (χ4n) is 2.47. The Morgan fingerprint density at radius 2 is 1.96 bits per heavy atom. The summed E-state index contributed by atoms with van der Waals surface area (Å²) in [5.74, 6) is 0.0754. The highest BCUT2D eigenvalue weighted by molar-refractivity contribution is 7.91. The normalized spacial score (nSPS) is 11.5. The largest absolute Gasteiger partial charge is 0.356 e. The Labute approximate surface area is 151 Å². The monoisotopic (exact) mass is 373 g/mol. The molecule has 1 N–H and O–H groups in total. The van der Waals surface area contributed by atoms with E-state index in [4.69, 9.17) is 0 Å². The number of fused-ring (bicyclic) bond motifs is 1. The molecule has 0 radical (unpaired) electrons. The van der Waals surface area contributed by atoms with E-state index in [1.807, 2.05) is 6.20 Å². The molecule has 0 spiro atoms. The van der Waals surface area contributed by atoms with Crippen molar-refractivity contribution in [1.29, 1.82) is 0 Å². The number of carbonyl (C=O) groups is 1. The van der Waals surface area contributed by atoms with Crippen molar-refractivity contribution >= 4 is 21.5 Å². The second-order valence-corrected chi connectivity index (χ2v) is 7.91. The molecule has 1 aromatic carbocycles. The van der Waals surface area contributed by atoms with Crippen molar-refractivity contribution in [2.45, 2.75) is 24.2 Å². The van der Waals surface area contributed by atoms with Crippen LogP contribution >= 0.6 is 0 Å². The van der Waals surface area contributed by atoms with Crippen LogP contribution in [0.5, 0.6) is 0 Å². The van der Waals surface area contributed by atoms with E-state index >= 15 is 0 Å². The Morgan fingerprint density at radius 1 is 1.15 bits per heavy atom. The van der Waals surface area contributed by atoms with E-state index in [1.54, 1.807) is 28.9 Å². The van der Waals surface area contributed by atoms with Gasteiger partial charge in [-0.2, -0.15) is 10.1 Å². The fraction of sp³-hybridized carbons (Fsp3) is 0.294. The van der Waals surface area contributed by atoms with Gasteiger partial charge >= 0.3 is 0 Å². The first-order valence-corrected chi connectivity index (χ1v) is 9.88. The molecule has 0 aliphatic heterocycles. The molecule has 0 bridgehead atoms. The van der Waals surface area contributed by atoms with Gasteiger partial charge in [0.15, 0.2) is 9.84 Å². The van der Waals surface area contributed by atoms with E-state index in [1.165, 1.54) is 18.5 Å². The average Bonchev–Trinajstić information content (AvgIpc) is 3.12. The number of nitrogens with one attached hydrogen (secondary N) is 1. The maximum atomic E-state index is 12.1. The Hall–Kier alpha value is -2.81. The van der Waals surface area contributed by atoms with E-state index in [9.17, 15) is 13.2 Å². The van der Waals surface area contributed by atoms with E-state index in [-0.39, 0.29) is 23.0 Å². The van der Waals surface area contributed by atoms with Gasteiger partial charge in [-0.25, -0.2) is 17.9 Å². The van der Waals surface area contributed by atoms with Crippen molar-refractivity contribution in [1.82, 2.24) is 24.9 Å². The molecule has 3 aromatic rings. The van der Waals surface area contributed by atoms with Crippen LogP contribution in [0.15, 0.2) is 53.9 Å². The Bertz CT molecular complexity index is 986. The van der Waals surface area contributed by atoms with E-state index < -0.39 is 9.84 Å². The van der Waals surface area contributed by atoms with Crippen LogP contribution in [-0.2, 0) is 21.1 Å². The summed E-state index contributed by atoms with van der Waals surface area (Å²) in [6.07, 6.45) is 6.42. The summed E-state index contributed by atoms with van der Waals surface area (Å²) in [4.78, 5) is 20.3. The van der Waals surface area contributed by atoms with Gasteiger partial charge in [-0.1, -0.05) is 18.2 Å². The van der Waals surface area contributed by atoms with Gasteiger partial charge in [-0.3, -0.25) is 4.79 Å². The van der Waals surface area contributed by atoms with Gasteiger partial charge in [0.2, 0.25) is 5.91 Å². The molecule has 0 saturated carbocycles. The van der Waals surface area contributed by atoms with Crippen molar-refractivity contribution in [2.75, 3.05) is 12.3 Å². The molecule has 3 rings (SSSR count). The standard InChI is InChI=1S/C17H19N5O3S/c23-16(8-10-26(24,25)15-6-2-1-3-7-15)18-9-4-5-14-11-19-17-20-13-21-22(17)12-14/h1-3,6-7,11-13H,4-5,8-10H2,(H,18,23). The SMILES string of the molecule is O=C(CCS(=O)(=O)c1ccccc1)NCCCc1cnc2ncnn2c1. The highest BCUT2D eigenvalue weighted by Gasteiger charge is 2.15. The fourth-order valence-corrected chi connectivity index (χ4v) is 3.73. The van der Waals surface area contributed by atoms with E-state index in [2.05, 4.69) is 20.4 Å². The number of aromatic nitrogens is 4. The summed E-state index contributed by atoms with van der Waals surface area (Å²) in [5.41, 5.74) is 0.990. The lowest BCUT2D eigenvalue weighted by atomic mass is 10.2. The van der Waals surface area contributed by atoms with Gasteiger partial charge in [0.25, 0.3) is 5.78 Å². The predicted molar refractivity (Wildman–Crippen MR) is 95.2 cm³/mol. The van der Waals surface area contributed by atoms with E-state index in [0.29, 0.717) is 12.3 Å². The van der Waals surface area contributed by atoms with Crippen molar-refractivity contribution in [3.05, 3.63) is 54.6 Å². The molecular formula is C17H19N5O3S. The first-order chi connectivity index (χ1) is 12.5. The number of hydrogen-bond acceptors (Lipinski definition) is 6. The van der Waals surface area contributed by atoms with Crippen molar-refractivity contribution in [3.8, 4) is 0 Å². The molecule has 2 aromatic heterocycles. The van der Waals surface area contributed by atoms with Crippen LogP contribution in [0.4, 0.5) is 0 Å². The highest BCUT2D eigenvalue weighted by Crippen LogP contribution is 2.11. The summed E-state index contributed by atoms with van der Waals surface area (Å²) < 4.78 is 25.9. The predicted octanol–water partition coefficient (Wildman–Crippen LogP) is 1.04. The topological polar surface area (TPSA) is 106 Å². The van der Waals surface area contributed by atoms with Crippen LogP contribution in [0, 0.1) is 0 Å². The molecule has 0 saturated heterocycles. The van der Waals surface area contributed by atoms with Gasteiger partial charge < -0.3 is 5.32 Å². The Balaban J connectivity index is 1.40. The number of aryl methyl sites for hydroxylation is 1. The lowest BCUT2D eigenvalue weighted by Gasteiger charge is -2.06. The van der Waals surface area contributed by atoms with Crippen molar-refractivity contribution < 1.29 is 13.2 Å². The molecule has 0 aliphatic carbocycles. The lowest BCUT2D eigenvalue weighted by Crippen LogP contribution is -2.26. The third-order valence-corrected chi connectivity index (χ3v) is 5.58. The van der Waals surface area contributed by atoms with Crippen molar-refractivity contribution in [3.63, 3.8) is 0 Å². The molecule has 0 atom stereocenters. The van der Waals surface area contributed by atoms with Crippen LogP contribution in [0.3, 0.4) is 0 Å². The Morgan fingerprint density at radius 3 is 2.77 bits per heavy atom. The zero-order valence-corrected chi connectivity index (χ0v) is 14.9. The molecule has 136 valence electrons. The first kappa shape index (κ1) is 18.0. The second-order valence-electron chi connectivity index (χ2n) is 5.80. The van der Waals surface area contributed by atoms with Crippen molar-refractivity contribution in [2.24, 2.45) is 0 Å². The number of nitrogens with zero attached hydrogens (tertiary/aromatic N) is 4. The lowest BCUT2D eigenvalue weighted by molar-refractivity contribution is -0.120. The zero-order chi connectivity index (χ0) is 18.4. The molecule has 2 heterocycles. The summed E-state index contributed by atoms with van der Waals surface area (Å²) >= 11 is 0. The van der Waals surface area contributed by atoms with Crippen LogP contribution in [0.2, 0.25) is 0 Å². The van der Waals surface area contributed by atoms with Crippen LogP contribution in [-0.4, -0.2) is 46.2 Å². The summed E-state index contributed by atoms with van der Waals surface area (Å²) in [6.45, 7) is 0.472. The number of rotatable bonds is 8. The number of hydrogen-bond donors (Lipinski definition) is 1. The minimum Gasteiger partial charge on any atom is -0.356 e. The molecular weight excluding hydrogens is 354 g/mol. The minimum atomic E-state index is -3.43. The van der Waals surface area contributed by atoms with Gasteiger partial charge in [-0.05, 0) is 30.5 Å². The summed E-state index contributed by atoms with van der Waals surface area (Å²) in [6, 6.07) is 8.15. The summed E-state index contributed by atoms with van der Waals surface area (Å²) in [5, 5.41) is 6.78. The van der Waals surface area contributed by atoms with Crippen LogP contribution in [0.25, 0.3) is 5.78 Å². The van der Waals surface area contributed by atoms with Gasteiger partial charge in [-0.15, -0.1) is 0 Å². The quantitative estimate of drug-likeness (QED) is 0.591. The number of amides is 1. The molecule has 9 heteroatoms. The molecule has 8 nitrogen and oxygen atoms in total. The maximum Gasteiger partial charge on any atom is 0.252 e. The number of sulfone groups is 1. The third-order valence-electron chi connectivity index (χ3n) is 3.85. The van der Waals surface area contributed by atoms with Gasteiger partial charge in [0.05, 0.1) is 10.6 Å². The van der Waals surface area contributed by atoms with Crippen LogP contribution in [0.1, 0.15) is 18.4 Å². The molecule has 0 aliphatic rings. The molecule has 0 unspecified atom stereocenters. The second kappa shape index (κ2) is 8.05.